The minimum absolute atomic E-state index is 0.186. The summed E-state index contributed by atoms with van der Waals surface area (Å²) in [5.74, 6) is -0.542. The zero-order valence-electron chi connectivity index (χ0n) is 8.68. The number of nitrogens with two attached hydrogens (primary N) is 1. The maximum absolute atomic E-state index is 12.9. The number of hydrogen-bond donors (Lipinski definition) is 1. The molecule has 0 aliphatic heterocycles. The van der Waals surface area contributed by atoms with Gasteiger partial charge in [0.05, 0.1) is 10.2 Å². The lowest BCUT2D eigenvalue weighted by atomic mass is 10.1. The molecule has 0 bridgehead atoms. The molecular weight excluding hydrogens is 256 g/mol. The Bertz CT molecular complexity index is 559. The van der Waals surface area contributed by atoms with E-state index in [-0.39, 0.29) is 10.5 Å². The van der Waals surface area contributed by atoms with E-state index >= 15 is 0 Å². The van der Waals surface area contributed by atoms with Gasteiger partial charge < -0.3 is 5.73 Å². The molecule has 0 spiro atoms. The predicted molar refractivity (Wildman–Crippen MR) is 57.2 cm³/mol. The monoisotopic (exact) mass is 264 g/mol. The predicted octanol–water partition coefficient (Wildman–Crippen LogP) is 3.17. The Balaban J connectivity index is 2.57. The number of aromatic nitrogens is 1. The topological polar surface area (TPSA) is 38.9 Å². The normalized spacial score (nSPS) is 16.1. The molecule has 2 aromatic rings. The van der Waals surface area contributed by atoms with Gasteiger partial charge in [-0.2, -0.15) is 13.2 Å². The van der Waals surface area contributed by atoms with E-state index in [0.717, 1.165) is 24.3 Å². The Labute approximate surface area is 98.1 Å². The van der Waals surface area contributed by atoms with Gasteiger partial charge in [-0.15, -0.1) is 11.3 Å². The van der Waals surface area contributed by atoms with E-state index in [1.54, 1.807) is 0 Å². The highest BCUT2D eigenvalue weighted by molar-refractivity contribution is 7.18. The fourth-order valence-electron chi connectivity index (χ4n) is 1.24. The van der Waals surface area contributed by atoms with Gasteiger partial charge in [0.1, 0.15) is 10.8 Å². The summed E-state index contributed by atoms with van der Waals surface area (Å²) in [6, 6.07) is 3.64. The van der Waals surface area contributed by atoms with Crippen molar-refractivity contribution in [3.8, 4) is 0 Å². The fraction of sp³-hybridized carbons (Fsp3) is 0.300. The number of thiazole rings is 1. The second-order valence-electron chi connectivity index (χ2n) is 3.83. The second kappa shape index (κ2) is 3.64. The first kappa shape index (κ1) is 12.3. The van der Waals surface area contributed by atoms with Crippen LogP contribution in [0.4, 0.5) is 17.6 Å². The van der Waals surface area contributed by atoms with Crippen LogP contribution in [0.1, 0.15) is 11.9 Å². The molecule has 17 heavy (non-hydrogen) atoms. The lowest BCUT2D eigenvalue weighted by Gasteiger charge is -2.24. The van der Waals surface area contributed by atoms with Crippen LogP contribution in [0.25, 0.3) is 10.2 Å². The zero-order chi connectivity index (χ0) is 12.8. The van der Waals surface area contributed by atoms with Crippen molar-refractivity contribution in [1.29, 1.82) is 0 Å². The van der Waals surface area contributed by atoms with E-state index in [1.165, 1.54) is 12.1 Å². The van der Waals surface area contributed by atoms with Gasteiger partial charge in [0.25, 0.3) is 0 Å². The van der Waals surface area contributed by atoms with Gasteiger partial charge in [-0.05, 0) is 19.1 Å². The van der Waals surface area contributed by atoms with E-state index in [9.17, 15) is 17.6 Å². The molecule has 92 valence electrons. The quantitative estimate of drug-likeness (QED) is 0.803. The van der Waals surface area contributed by atoms with Crippen LogP contribution in [0.3, 0.4) is 0 Å². The molecule has 7 heteroatoms. The largest absolute Gasteiger partial charge is 0.412 e. The number of alkyl halides is 3. The Morgan fingerprint density at radius 1 is 1.29 bits per heavy atom. The summed E-state index contributed by atoms with van der Waals surface area (Å²) >= 11 is 0.817. The molecular formula is C10H8F4N2S. The van der Waals surface area contributed by atoms with E-state index in [1.807, 2.05) is 0 Å². The maximum atomic E-state index is 12.9. The second-order valence-corrected chi connectivity index (χ2v) is 4.86. The molecule has 2 rings (SSSR count). The van der Waals surface area contributed by atoms with Crippen LogP contribution >= 0.6 is 11.3 Å². The zero-order valence-corrected chi connectivity index (χ0v) is 9.49. The van der Waals surface area contributed by atoms with Crippen LogP contribution in [0.15, 0.2) is 18.2 Å². The number of halogens is 4. The smallest absolute Gasteiger partial charge is 0.312 e. The first-order valence-electron chi connectivity index (χ1n) is 4.64. The Morgan fingerprint density at radius 2 is 1.94 bits per heavy atom. The average Bonchev–Trinajstić information content (AvgIpc) is 2.58. The summed E-state index contributed by atoms with van der Waals surface area (Å²) in [5, 5.41) is -0.273. The van der Waals surface area contributed by atoms with E-state index in [2.05, 4.69) is 4.98 Å². The van der Waals surface area contributed by atoms with Gasteiger partial charge in [0.2, 0.25) is 0 Å². The van der Waals surface area contributed by atoms with Crippen LogP contribution in [-0.2, 0) is 5.54 Å². The summed E-state index contributed by atoms with van der Waals surface area (Å²) in [4.78, 5) is 3.75. The Kier molecular flexibility index (Phi) is 2.62. The van der Waals surface area contributed by atoms with Crippen molar-refractivity contribution in [2.45, 2.75) is 18.6 Å². The van der Waals surface area contributed by atoms with Gasteiger partial charge >= 0.3 is 6.18 Å². The van der Waals surface area contributed by atoms with Gasteiger partial charge in [-0.3, -0.25) is 0 Å². The van der Waals surface area contributed by atoms with Gasteiger partial charge in [0.15, 0.2) is 5.54 Å². The third-order valence-electron chi connectivity index (χ3n) is 2.38. The molecule has 2 nitrogen and oxygen atoms in total. The molecule has 0 saturated heterocycles. The molecule has 1 aromatic carbocycles. The van der Waals surface area contributed by atoms with E-state index in [4.69, 9.17) is 5.73 Å². The third kappa shape index (κ3) is 2.00. The number of benzene rings is 1. The standard InChI is InChI=1S/C10H8F4N2S/c1-9(15,10(12,13)14)8-16-6-4-5(11)2-3-7(6)17-8/h2-4H,15H2,1H3. The molecule has 1 atom stereocenters. The van der Waals surface area contributed by atoms with E-state index < -0.39 is 17.5 Å². The van der Waals surface area contributed by atoms with Crippen molar-refractivity contribution in [3.05, 3.63) is 29.0 Å². The van der Waals surface area contributed by atoms with Crippen molar-refractivity contribution in [2.24, 2.45) is 5.73 Å². The Morgan fingerprint density at radius 3 is 2.53 bits per heavy atom. The molecule has 0 radical (unpaired) electrons. The van der Waals surface area contributed by atoms with Crippen molar-refractivity contribution in [3.63, 3.8) is 0 Å². The van der Waals surface area contributed by atoms with Gasteiger partial charge in [-0.25, -0.2) is 9.37 Å². The number of rotatable bonds is 1. The molecule has 0 aliphatic carbocycles. The summed E-state index contributed by atoms with van der Waals surface area (Å²) < 4.78 is 51.4. The molecule has 1 heterocycles. The lowest BCUT2D eigenvalue weighted by Crippen LogP contribution is -2.47. The van der Waals surface area contributed by atoms with Crippen LogP contribution in [0.5, 0.6) is 0 Å². The van der Waals surface area contributed by atoms with Crippen molar-refractivity contribution >= 4 is 21.6 Å². The highest BCUT2D eigenvalue weighted by atomic mass is 32.1. The van der Waals surface area contributed by atoms with Crippen molar-refractivity contribution < 1.29 is 17.6 Å². The third-order valence-corrected chi connectivity index (χ3v) is 3.66. The number of hydrogen-bond acceptors (Lipinski definition) is 3. The summed E-state index contributed by atoms with van der Waals surface area (Å²) in [6.07, 6.45) is -4.60. The maximum Gasteiger partial charge on any atom is 0.412 e. The molecule has 1 unspecified atom stereocenters. The summed E-state index contributed by atoms with van der Waals surface area (Å²) in [5.41, 5.74) is 2.91. The van der Waals surface area contributed by atoms with Gasteiger partial charge in [-0.1, -0.05) is 0 Å². The van der Waals surface area contributed by atoms with Crippen LogP contribution < -0.4 is 5.73 Å². The van der Waals surface area contributed by atoms with Crippen LogP contribution in [0, 0.1) is 5.82 Å². The Hall–Kier alpha value is -1.21. The first-order chi connectivity index (χ1) is 7.72. The molecule has 0 saturated carbocycles. The van der Waals surface area contributed by atoms with Crippen molar-refractivity contribution in [2.75, 3.05) is 0 Å². The van der Waals surface area contributed by atoms with Crippen molar-refractivity contribution in [1.82, 2.24) is 4.98 Å². The lowest BCUT2D eigenvalue weighted by molar-refractivity contribution is -0.184. The minimum atomic E-state index is -4.60. The molecule has 0 aliphatic rings. The molecule has 2 N–H and O–H groups in total. The fourth-order valence-corrected chi connectivity index (χ4v) is 2.27. The average molecular weight is 264 g/mol. The highest BCUT2D eigenvalue weighted by Crippen LogP contribution is 2.39. The minimum Gasteiger partial charge on any atom is -0.312 e. The van der Waals surface area contributed by atoms with E-state index in [0.29, 0.717) is 4.70 Å². The number of fused-ring (bicyclic) bond motifs is 1. The van der Waals surface area contributed by atoms with Gasteiger partial charge in [0, 0.05) is 6.07 Å². The first-order valence-corrected chi connectivity index (χ1v) is 5.45. The van der Waals surface area contributed by atoms with Crippen LogP contribution in [-0.4, -0.2) is 11.2 Å². The molecule has 0 fully saturated rings. The summed E-state index contributed by atoms with van der Waals surface area (Å²) in [7, 11) is 0. The molecule has 0 amide bonds. The SMILES string of the molecule is CC(N)(c1nc2cc(F)ccc2s1)C(F)(F)F. The van der Waals surface area contributed by atoms with Crippen LogP contribution in [0.2, 0.25) is 0 Å². The number of nitrogens with zero attached hydrogens (tertiary/aromatic N) is 1. The molecule has 1 aromatic heterocycles. The highest BCUT2D eigenvalue weighted by Gasteiger charge is 2.51. The summed E-state index contributed by atoms with van der Waals surface area (Å²) in [6.45, 7) is 0.848.